The Labute approximate surface area is 149 Å². The first-order chi connectivity index (χ1) is 12.4. The van der Waals surface area contributed by atoms with Crippen LogP contribution in [0.25, 0.3) is 11.1 Å². The molecule has 0 amide bonds. The van der Waals surface area contributed by atoms with Crippen molar-refractivity contribution in [1.82, 2.24) is 0 Å². The quantitative estimate of drug-likeness (QED) is 0.710. The van der Waals surface area contributed by atoms with Gasteiger partial charge in [0, 0.05) is 5.69 Å². The Morgan fingerprint density at radius 3 is 2.12 bits per heavy atom. The summed E-state index contributed by atoms with van der Waals surface area (Å²) < 4.78 is 40.6. The third kappa shape index (κ3) is 3.73. The van der Waals surface area contributed by atoms with E-state index < -0.39 is 27.4 Å². The molecule has 0 aliphatic heterocycles. The van der Waals surface area contributed by atoms with E-state index in [1.165, 1.54) is 0 Å². The summed E-state index contributed by atoms with van der Waals surface area (Å²) in [5, 5.41) is 8.93. The Bertz CT molecular complexity index is 1050. The van der Waals surface area contributed by atoms with Gasteiger partial charge >= 0.3 is 5.97 Å². The first kappa shape index (κ1) is 17.6. The molecular weight excluding hydrogens is 357 g/mol. The average molecular weight is 371 g/mol. The van der Waals surface area contributed by atoms with Crippen molar-refractivity contribution in [3.8, 4) is 11.1 Å². The van der Waals surface area contributed by atoms with Crippen LogP contribution in [0.5, 0.6) is 0 Å². The maximum atomic E-state index is 13.4. The smallest absolute Gasteiger partial charge is 0.338 e. The van der Waals surface area contributed by atoms with Gasteiger partial charge in [0.25, 0.3) is 10.0 Å². The second-order valence-electron chi connectivity index (χ2n) is 5.50. The zero-order valence-corrected chi connectivity index (χ0v) is 14.2. The van der Waals surface area contributed by atoms with Crippen LogP contribution in [0.15, 0.2) is 77.7 Å². The Morgan fingerprint density at radius 1 is 0.885 bits per heavy atom. The molecule has 26 heavy (non-hydrogen) atoms. The van der Waals surface area contributed by atoms with Gasteiger partial charge in [0.1, 0.15) is 5.82 Å². The predicted molar refractivity (Wildman–Crippen MR) is 96.0 cm³/mol. The highest BCUT2D eigenvalue weighted by atomic mass is 32.2. The minimum atomic E-state index is -4.04. The highest BCUT2D eigenvalue weighted by Crippen LogP contribution is 2.23. The van der Waals surface area contributed by atoms with Crippen molar-refractivity contribution in [2.45, 2.75) is 4.90 Å². The molecular formula is C19H14FNO4S. The van der Waals surface area contributed by atoms with Crippen molar-refractivity contribution in [1.29, 1.82) is 0 Å². The number of aromatic carboxylic acids is 1. The number of nitrogens with one attached hydrogen (secondary N) is 1. The lowest BCUT2D eigenvalue weighted by atomic mass is 10.1. The minimum Gasteiger partial charge on any atom is -0.478 e. The Kier molecular flexibility index (Phi) is 4.73. The summed E-state index contributed by atoms with van der Waals surface area (Å²) >= 11 is 0. The SMILES string of the molecule is O=C(O)c1cc(S(=O)(=O)Nc2ccc(-c3ccccc3)cc2)ccc1F. The molecule has 3 aromatic carbocycles. The molecule has 5 nitrogen and oxygen atoms in total. The average Bonchev–Trinajstić information content (AvgIpc) is 2.62. The van der Waals surface area contributed by atoms with Crippen LogP contribution >= 0.6 is 0 Å². The molecule has 7 heteroatoms. The molecule has 0 radical (unpaired) electrons. The van der Waals surface area contributed by atoms with Crippen LogP contribution in [0, 0.1) is 5.82 Å². The summed E-state index contributed by atoms with van der Waals surface area (Å²) in [6, 6.07) is 18.9. The lowest BCUT2D eigenvalue weighted by molar-refractivity contribution is 0.0691. The summed E-state index contributed by atoms with van der Waals surface area (Å²) in [5.74, 6) is -2.53. The number of hydrogen-bond acceptors (Lipinski definition) is 3. The Balaban J connectivity index is 1.86. The third-order valence-electron chi connectivity index (χ3n) is 3.72. The Morgan fingerprint density at radius 2 is 1.50 bits per heavy atom. The maximum absolute atomic E-state index is 13.4. The van der Waals surface area contributed by atoms with Gasteiger partial charge in [-0.2, -0.15) is 0 Å². The summed E-state index contributed by atoms with van der Waals surface area (Å²) in [6.07, 6.45) is 0. The van der Waals surface area contributed by atoms with E-state index in [0.717, 1.165) is 29.3 Å². The molecule has 0 aliphatic carbocycles. The van der Waals surface area contributed by atoms with Crippen molar-refractivity contribution in [3.05, 3.63) is 84.2 Å². The molecule has 0 spiro atoms. The van der Waals surface area contributed by atoms with Crippen LogP contribution < -0.4 is 4.72 Å². The molecule has 132 valence electrons. The number of carboxylic acids is 1. The second kappa shape index (κ2) is 6.97. The van der Waals surface area contributed by atoms with E-state index in [1.54, 1.807) is 24.3 Å². The van der Waals surface area contributed by atoms with Crippen LogP contribution in [0.1, 0.15) is 10.4 Å². The molecule has 0 saturated carbocycles. The van der Waals surface area contributed by atoms with E-state index in [9.17, 15) is 17.6 Å². The normalized spacial score (nSPS) is 11.1. The molecule has 0 heterocycles. The number of hydrogen-bond donors (Lipinski definition) is 2. The van der Waals surface area contributed by atoms with Crippen LogP contribution in [0.2, 0.25) is 0 Å². The number of anilines is 1. The zero-order valence-electron chi connectivity index (χ0n) is 13.4. The standard InChI is InChI=1S/C19H14FNO4S/c20-18-11-10-16(12-17(18)19(22)23)26(24,25)21-15-8-6-14(7-9-15)13-4-2-1-3-5-13/h1-12,21H,(H,22,23). The van der Waals surface area contributed by atoms with Crippen molar-refractivity contribution >= 4 is 21.7 Å². The predicted octanol–water partition coefficient (Wildman–Crippen LogP) is 3.99. The van der Waals surface area contributed by atoms with Gasteiger partial charge in [0.15, 0.2) is 0 Å². The summed E-state index contributed by atoms with van der Waals surface area (Å²) in [4.78, 5) is 10.6. The molecule has 0 aliphatic rings. The van der Waals surface area contributed by atoms with Crippen molar-refractivity contribution in [3.63, 3.8) is 0 Å². The summed E-state index contributed by atoms with van der Waals surface area (Å²) in [5.41, 5.74) is 1.52. The topological polar surface area (TPSA) is 83.5 Å². The molecule has 2 N–H and O–H groups in total. The van der Waals surface area contributed by atoms with Crippen LogP contribution in [0.4, 0.5) is 10.1 Å². The highest BCUT2D eigenvalue weighted by molar-refractivity contribution is 7.92. The number of benzene rings is 3. The van der Waals surface area contributed by atoms with Crippen molar-refractivity contribution in [2.24, 2.45) is 0 Å². The van der Waals surface area contributed by atoms with Gasteiger partial charge in [-0.25, -0.2) is 17.6 Å². The minimum absolute atomic E-state index is 0.311. The zero-order chi connectivity index (χ0) is 18.7. The molecule has 0 unspecified atom stereocenters. The monoisotopic (exact) mass is 371 g/mol. The van der Waals surface area contributed by atoms with E-state index >= 15 is 0 Å². The van der Waals surface area contributed by atoms with Gasteiger partial charge in [0.05, 0.1) is 10.5 Å². The number of halogens is 1. The molecule has 0 fully saturated rings. The van der Waals surface area contributed by atoms with E-state index in [4.69, 9.17) is 5.11 Å². The number of carbonyl (C=O) groups is 1. The van der Waals surface area contributed by atoms with Crippen LogP contribution in [0.3, 0.4) is 0 Å². The lowest BCUT2D eigenvalue weighted by Gasteiger charge is -2.10. The van der Waals surface area contributed by atoms with Gasteiger partial charge in [-0.05, 0) is 41.5 Å². The molecule has 0 atom stereocenters. The van der Waals surface area contributed by atoms with E-state index in [1.807, 2.05) is 30.3 Å². The molecule has 0 aromatic heterocycles. The fourth-order valence-corrected chi connectivity index (χ4v) is 3.50. The second-order valence-corrected chi connectivity index (χ2v) is 7.18. The van der Waals surface area contributed by atoms with Crippen LogP contribution in [-0.4, -0.2) is 19.5 Å². The van der Waals surface area contributed by atoms with Gasteiger partial charge in [-0.1, -0.05) is 42.5 Å². The van der Waals surface area contributed by atoms with Gasteiger partial charge in [-0.15, -0.1) is 0 Å². The van der Waals surface area contributed by atoms with E-state index in [2.05, 4.69) is 4.72 Å². The molecule has 0 bridgehead atoms. The largest absolute Gasteiger partial charge is 0.478 e. The number of sulfonamides is 1. The summed E-state index contributed by atoms with van der Waals surface area (Å²) in [6.45, 7) is 0. The van der Waals surface area contributed by atoms with Crippen LogP contribution in [-0.2, 0) is 10.0 Å². The van der Waals surface area contributed by atoms with Gasteiger partial charge < -0.3 is 5.11 Å². The molecule has 3 rings (SSSR count). The maximum Gasteiger partial charge on any atom is 0.338 e. The first-order valence-corrected chi connectivity index (χ1v) is 9.06. The molecule has 3 aromatic rings. The fourth-order valence-electron chi connectivity index (χ4n) is 2.41. The van der Waals surface area contributed by atoms with Crippen molar-refractivity contribution in [2.75, 3.05) is 4.72 Å². The van der Waals surface area contributed by atoms with E-state index in [0.29, 0.717) is 5.69 Å². The van der Waals surface area contributed by atoms with E-state index in [-0.39, 0.29) is 4.90 Å². The van der Waals surface area contributed by atoms with Crippen molar-refractivity contribution < 1.29 is 22.7 Å². The fraction of sp³-hybridized carbons (Fsp3) is 0. The third-order valence-corrected chi connectivity index (χ3v) is 5.10. The number of rotatable bonds is 5. The highest BCUT2D eigenvalue weighted by Gasteiger charge is 2.19. The molecule has 0 saturated heterocycles. The summed E-state index contributed by atoms with van der Waals surface area (Å²) in [7, 11) is -4.04. The van der Waals surface area contributed by atoms with Gasteiger partial charge in [0.2, 0.25) is 0 Å². The Hall–Kier alpha value is -3.19. The number of carboxylic acid groups (broad SMARTS) is 1. The van der Waals surface area contributed by atoms with Gasteiger partial charge in [-0.3, -0.25) is 4.72 Å². The first-order valence-electron chi connectivity index (χ1n) is 7.58. The lowest BCUT2D eigenvalue weighted by Crippen LogP contribution is -2.14.